The van der Waals surface area contributed by atoms with Crippen molar-refractivity contribution in [1.29, 1.82) is 0 Å². The predicted octanol–water partition coefficient (Wildman–Crippen LogP) is -0.913. The molecule has 0 bridgehead atoms. The maximum atomic E-state index is 5.44. The second kappa shape index (κ2) is 2.53. The molecule has 0 aromatic carbocycles. The van der Waals surface area contributed by atoms with E-state index in [1.807, 2.05) is 6.92 Å². The molecule has 0 aliphatic rings. The number of aromatic nitrogens is 3. The molecule has 5 N–H and O–H groups in total. The molecule has 1 aromatic heterocycles. The Morgan fingerprint density at radius 3 is 2.80 bits per heavy atom. The molecule has 1 rings (SSSR count). The standard InChI is InChI=1S/C4H10N6/c1-2-10(6)4-7-3(5)8-9-4/h2,6H2,1H3,(H3,5,7,8,9). The average Bonchev–Trinajstić information content (AvgIpc) is 2.34. The van der Waals surface area contributed by atoms with Gasteiger partial charge in [0.25, 0.3) is 5.95 Å². The highest BCUT2D eigenvalue weighted by molar-refractivity contribution is 5.31. The van der Waals surface area contributed by atoms with E-state index in [0.29, 0.717) is 12.5 Å². The first kappa shape index (κ1) is 6.81. The maximum absolute atomic E-state index is 5.44. The number of H-pyrrole nitrogens is 1. The number of hydrogen-bond donors (Lipinski definition) is 3. The number of nitrogen functional groups attached to an aromatic ring is 1. The van der Waals surface area contributed by atoms with Crippen molar-refractivity contribution < 1.29 is 0 Å². The summed E-state index contributed by atoms with van der Waals surface area (Å²) in [6.45, 7) is 2.55. The molecule has 0 radical (unpaired) electrons. The first-order chi connectivity index (χ1) is 4.74. The van der Waals surface area contributed by atoms with E-state index in [9.17, 15) is 0 Å². The fraction of sp³-hybridized carbons (Fsp3) is 0.500. The smallest absolute Gasteiger partial charge is 0.260 e. The molecule has 0 aliphatic heterocycles. The molecular formula is C4H10N6. The largest absolute Gasteiger partial charge is 0.368 e. The lowest BCUT2D eigenvalue weighted by atomic mass is 10.7. The minimum Gasteiger partial charge on any atom is -0.368 e. The van der Waals surface area contributed by atoms with Gasteiger partial charge in [0.05, 0.1) is 0 Å². The first-order valence-electron chi connectivity index (χ1n) is 2.94. The third-order valence-corrected chi connectivity index (χ3v) is 1.09. The number of rotatable bonds is 2. The van der Waals surface area contributed by atoms with Crippen LogP contribution in [0.4, 0.5) is 11.9 Å². The van der Waals surface area contributed by atoms with Gasteiger partial charge >= 0.3 is 0 Å². The van der Waals surface area contributed by atoms with E-state index in [-0.39, 0.29) is 5.95 Å². The van der Waals surface area contributed by atoms with Gasteiger partial charge < -0.3 is 5.73 Å². The Labute approximate surface area is 58.2 Å². The fourth-order valence-corrected chi connectivity index (χ4v) is 0.535. The van der Waals surface area contributed by atoms with Crippen molar-refractivity contribution in [1.82, 2.24) is 15.2 Å². The maximum Gasteiger partial charge on any atom is 0.260 e. The van der Waals surface area contributed by atoms with Crippen molar-refractivity contribution in [3.8, 4) is 0 Å². The van der Waals surface area contributed by atoms with Crippen molar-refractivity contribution in [2.45, 2.75) is 6.92 Å². The van der Waals surface area contributed by atoms with Gasteiger partial charge in [-0.2, -0.15) is 4.98 Å². The molecule has 0 aliphatic carbocycles. The lowest BCUT2D eigenvalue weighted by Crippen LogP contribution is -2.31. The van der Waals surface area contributed by atoms with Crippen LogP contribution in [0, 0.1) is 0 Å². The third kappa shape index (κ3) is 1.16. The van der Waals surface area contributed by atoms with Crippen molar-refractivity contribution >= 4 is 11.9 Å². The number of aromatic amines is 1. The number of nitrogens with two attached hydrogens (primary N) is 2. The van der Waals surface area contributed by atoms with Crippen molar-refractivity contribution in [2.24, 2.45) is 5.84 Å². The summed E-state index contributed by atoms with van der Waals surface area (Å²) in [6, 6.07) is 0. The Bertz CT molecular complexity index is 205. The Morgan fingerprint density at radius 2 is 2.40 bits per heavy atom. The van der Waals surface area contributed by atoms with Crippen LogP contribution in [-0.2, 0) is 0 Å². The summed E-state index contributed by atoms with van der Waals surface area (Å²) >= 11 is 0. The van der Waals surface area contributed by atoms with Crippen LogP contribution in [0.5, 0.6) is 0 Å². The fourth-order valence-electron chi connectivity index (χ4n) is 0.535. The highest BCUT2D eigenvalue weighted by Crippen LogP contribution is 2.01. The van der Waals surface area contributed by atoms with Gasteiger partial charge in [0.2, 0.25) is 5.95 Å². The quantitative estimate of drug-likeness (QED) is 0.367. The van der Waals surface area contributed by atoms with Gasteiger partial charge in [-0.05, 0) is 6.92 Å². The molecule has 6 heteroatoms. The molecule has 0 atom stereocenters. The number of nitrogens with one attached hydrogen (secondary N) is 1. The second-order valence-corrected chi connectivity index (χ2v) is 1.81. The van der Waals surface area contributed by atoms with Crippen LogP contribution in [0.2, 0.25) is 0 Å². The monoisotopic (exact) mass is 142 g/mol. The van der Waals surface area contributed by atoms with Crippen LogP contribution >= 0.6 is 0 Å². The molecule has 10 heavy (non-hydrogen) atoms. The van der Waals surface area contributed by atoms with Gasteiger partial charge in [0.15, 0.2) is 0 Å². The van der Waals surface area contributed by atoms with Gasteiger partial charge in [-0.15, -0.1) is 5.10 Å². The van der Waals surface area contributed by atoms with E-state index in [0.717, 1.165) is 0 Å². The van der Waals surface area contributed by atoms with Crippen molar-refractivity contribution in [3.05, 3.63) is 0 Å². The Balaban J connectivity index is 2.74. The number of hydrogen-bond acceptors (Lipinski definition) is 5. The topological polar surface area (TPSA) is 96.8 Å². The lowest BCUT2D eigenvalue weighted by molar-refractivity contribution is 0.843. The minimum atomic E-state index is 0.277. The Kier molecular flexibility index (Phi) is 1.72. The summed E-state index contributed by atoms with van der Waals surface area (Å²) in [5.74, 6) is 6.13. The van der Waals surface area contributed by atoms with E-state index in [1.165, 1.54) is 5.01 Å². The summed E-state index contributed by atoms with van der Waals surface area (Å²) in [5, 5.41) is 7.60. The lowest BCUT2D eigenvalue weighted by Gasteiger charge is -2.08. The number of anilines is 2. The van der Waals surface area contributed by atoms with Gasteiger partial charge in [-0.1, -0.05) is 0 Å². The van der Waals surface area contributed by atoms with E-state index in [4.69, 9.17) is 11.6 Å². The minimum absolute atomic E-state index is 0.277. The van der Waals surface area contributed by atoms with Crippen LogP contribution in [0.15, 0.2) is 0 Å². The summed E-state index contributed by atoms with van der Waals surface area (Å²) in [5.41, 5.74) is 5.26. The highest BCUT2D eigenvalue weighted by atomic mass is 15.5. The third-order valence-electron chi connectivity index (χ3n) is 1.09. The molecule has 0 saturated carbocycles. The Morgan fingerprint density at radius 1 is 1.70 bits per heavy atom. The number of nitrogens with zero attached hydrogens (tertiary/aromatic N) is 3. The molecule has 1 heterocycles. The number of hydrazine groups is 1. The molecular weight excluding hydrogens is 132 g/mol. The van der Waals surface area contributed by atoms with Crippen molar-refractivity contribution in [2.75, 3.05) is 17.3 Å². The zero-order chi connectivity index (χ0) is 7.56. The summed E-state index contributed by atoms with van der Waals surface area (Å²) in [4.78, 5) is 3.79. The molecule has 0 unspecified atom stereocenters. The molecule has 0 saturated heterocycles. The SMILES string of the molecule is CCN(N)c1n[nH]c(N)n1. The predicted molar refractivity (Wildman–Crippen MR) is 38.0 cm³/mol. The molecule has 1 aromatic rings. The van der Waals surface area contributed by atoms with Crippen molar-refractivity contribution in [3.63, 3.8) is 0 Å². The molecule has 0 fully saturated rings. The summed E-state index contributed by atoms with van der Waals surface area (Å²) in [6.07, 6.45) is 0. The van der Waals surface area contributed by atoms with Gasteiger partial charge in [-0.25, -0.2) is 10.9 Å². The normalized spacial score (nSPS) is 9.80. The zero-order valence-corrected chi connectivity index (χ0v) is 5.70. The van der Waals surface area contributed by atoms with Crippen LogP contribution in [0.3, 0.4) is 0 Å². The van der Waals surface area contributed by atoms with Gasteiger partial charge in [0, 0.05) is 6.54 Å². The van der Waals surface area contributed by atoms with Crippen LogP contribution in [-0.4, -0.2) is 21.7 Å². The van der Waals surface area contributed by atoms with E-state index in [1.54, 1.807) is 0 Å². The Hall–Kier alpha value is -1.30. The second-order valence-electron chi connectivity index (χ2n) is 1.81. The molecule has 0 spiro atoms. The van der Waals surface area contributed by atoms with Gasteiger partial charge in [-0.3, -0.25) is 5.01 Å². The van der Waals surface area contributed by atoms with Crippen LogP contribution in [0.25, 0.3) is 0 Å². The van der Waals surface area contributed by atoms with Crippen LogP contribution in [0.1, 0.15) is 6.92 Å². The molecule has 0 amide bonds. The molecule has 56 valence electrons. The summed E-state index contributed by atoms with van der Waals surface area (Å²) < 4.78 is 0. The van der Waals surface area contributed by atoms with E-state index >= 15 is 0 Å². The van der Waals surface area contributed by atoms with Gasteiger partial charge in [0.1, 0.15) is 0 Å². The van der Waals surface area contributed by atoms with E-state index < -0.39 is 0 Å². The van der Waals surface area contributed by atoms with E-state index in [2.05, 4.69) is 15.2 Å². The first-order valence-corrected chi connectivity index (χ1v) is 2.94. The average molecular weight is 142 g/mol. The highest BCUT2D eigenvalue weighted by Gasteiger charge is 2.02. The van der Waals surface area contributed by atoms with Crippen LogP contribution < -0.4 is 16.6 Å². The summed E-state index contributed by atoms with van der Waals surface area (Å²) in [7, 11) is 0. The zero-order valence-electron chi connectivity index (χ0n) is 5.70. The molecule has 6 nitrogen and oxygen atoms in total.